The highest BCUT2D eigenvalue weighted by atomic mass is 32.2. The van der Waals surface area contributed by atoms with Crippen LogP contribution in [0, 0.1) is 11.6 Å². The third-order valence-corrected chi connectivity index (χ3v) is 4.03. The van der Waals surface area contributed by atoms with Crippen molar-refractivity contribution in [3.8, 4) is 0 Å². The van der Waals surface area contributed by atoms with E-state index in [1.807, 2.05) is 6.92 Å². The highest BCUT2D eigenvalue weighted by Crippen LogP contribution is 2.44. The normalized spacial score (nSPS) is 25.1. The van der Waals surface area contributed by atoms with Crippen molar-refractivity contribution in [3.05, 3.63) is 29.3 Å². The second kappa shape index (κ2) is 3.51. The van der Waals surface area contributed by atoms with E-state index >= 15 is 0 Å². The average Bonchev–Trinajstić information content (AvgIpc) is 2.45. The molecule has 0 aromatic heterocycles. The number of thioether (sulfide) groups is 1. The zero-order chi connectivity index (χ0) is 10.3. The molecular formula is C10H11F2NS. The third kappa shape index (κ3) is 1.42. The van der Waals surface area contributed by atoms with Gasteiger partial charge < -0.3 is 5.73 Å². The third-order valence-electron chi connectivity index (χ3n) is 2.49. The number of rotatable bonds is 1. The predicted octanol–water partition coefficient (Wildman–Crippen LogP) is 2.85. The van der Waals surface area contributed by atoms with E-state index in [4.69, 9.17) is 5.73 Å². The van der Waals surface area contributed by atoms with E-state index in [-0.39, 0.29) is 11.3 Å². The minimum absolute atomic E-state index is 0.171. The van der Waals surface area contributed by atoms with Gasteiger partial charge in [0.1, 0.15) is 0 Å². The highest BCUT2D eigenvalue weighted by Gasteiger charge is 2.30. The standard InChI is InChI=1S/C10H11F2NS/c1-2-8-10(13)5-3-6(11)7(12)4-9(5)14-8/h3-4,8,10H,2,13H2,1H3. The quantitative estimate of drug-likeness (QED) is 0.779. The van der Waals surface area contributed by atoms with Crippen molar-refractivity contribution in [1.29, 1.82) is 0 Å². The molecular weight excluding hydrogens is 204 g/mol. The molecule has 0 radical (unpaired) electrons. The number of fused-ring (bicyclic) bond motifs is 1. The van der Waals surface area contributed by atoms with Crippen LogP contribution in [0.25, 0.3) is 0 Å². The average molecular weight is 215 g/mol. The molecule has 2 unspecified atom stereocenters. The summed E-state index contributed by atoms with van der Waals surface area (Å²) in [6.07, 6.45) is 0.906. The van der Waals surface area contributed by atoms with Crippen molar-refractivity contribution in [2.45, 2.75) is 29.5 Å². The summed E-state index contributed by atoms with van der Waals surface area (Å²) in [5, 5.41) is 0.242. The topological polar surface area (TPSA) is 26.0 Å². The summed E-state index contributed by atoms with van der Waals surface area (Å²) in [5.41, 5.74) is 6.65. The molecule has 0 fully saturated rings. The molecule has 0 bridgehead atoms. The maximum atomic E-state index is 12.9. The lowest BCUT2D eigenvalue weighted by Crippen LogP contribution is -2.18. The van der Waals surface area contributed by atoms with E-state index in [0.29, 0.717) is 0 Å². The van der Waals surface area contributed by atoms with Crippen molar-refractivity contribution < 1.29 is 8.78 Å². The smallest absolute Gasteiger partial charge is 0.159 e. The van der Waals surface area contributed by atoms with Gasteiger partial charge in [0.2, 0.25) is 0 Å². The Bertz CT molecular complexity index is 367. The highest BCUT2D eigenvalue weighted by molar-refractivity contribution is 8.00. The second-order valence-electron chi connectivity index (χ2n) is 3.39. The SMILES string of the molecule is CCC1Sc2cc(F)c(F)cc2C1N. The summed E-state index contributed by atoms with van der Waals surface area (Å²) in [7, 11) is 0. The Morgan fingerprint density at radius 3 is 2.64 bits per heavy atom. The van der Waals surface area contributed by atoms with Crippen molar-refractivity contribution in [2.24, 2.45) is 5.73 Å². The molecule has 76 valence electrons. The largest absolute Gasteiger partial charge is 0.323 e. The second-order valence-corrected chi connectivity index (χ2v) is 4.68. The van der Waals surface area contributed by atoms with Crippen LogP contribution in [0.1, 0.15) is 24.9 Å². The molecule has 0 saturated carbocycles. The Kier molecular flexibility index (Phi) is 2.49. The van der Waals surface area contributed by atoms with E-state index in [1.165, 1.54) is 23.9 Å². The first-order valence-corrected chi connectivity index (χ1v) is 5.42. The minimum atomic E-state index is -0.809. The van der Waals surface area contributed by atoms with Crippen LogP contribution < -0.4 is 5.73 Å². The van der Waals surface area contributed by atoms with Crippen molar-refractivity contribution >= 4 is 11.8 Å². The van der Waals surface area contributed by atoms with Crippen molar-refractivity contribution in [2.75, 3.05) is 0 Å². The molecule has 2 atom stereocenters. The molecule has 1 aliphatic rings. The van der Waals surface area contributed by atoms with Gasteiger partial charge in [-0.3, -0.25) is 0 Å². The molecule has 14 heavy (non-hydrogen) atoms. The van der Waals surface area contributed by atoms with E-state index in [1.54, 1.807) is 0 Å². The number of hydrogen-bond acceptors (Lipinski definition) is 2. The van der Waals surface area contributed by atoms with Gasteiger partial charge in [-0.2, -0.15) is 0 Å². The fraction of sp³-hybridized carbons (Fsp3) is 0.400. The van der Waals surface area contributed by atoms with E-state index < -0.39 is 11.6 Å². The summed E-state index contributed by atoms with van der Waals surface area (Å²) >= 11 is 1.54. The first-order chi connectivity index (χ1) is 6.63. The van der Waals surface area contributed by atoms with Crippen molar-refractivity contribution in [1.82, 2.24) is 0 Å². The number of hydrogen-bond donors (Lipinski definition) is 1. The Morgan fingerprint density at radius 2 is 2.00 bits per heavy atom. The first-order valence-electron chi connectivity index (χ1n) is 4.54. The van der Waals surface area contributed by atoms with Gasteiger partial charge in [0, 0.05) is 16.2 Å². The van der Waals surface area contributed by atoms with Gasteiger partial charge in [0.15, 0.2) is 11.6 Å². The van der Waals surface area contributed by atoms with E-state index in [9.17, 15) is 8.78 Å². The van der Waals surface area contributed by atoms with Gasteiger partial charge >= 0.3 is 0 Å². The van der Waals surface area contributed by atoms with E-state index in [0.717, 1.165) is 16.9 Å². The molecule has 0 aliphatic carbocycles. The summed E-state index contributed by atoms with van der Waals surface area (Å²) in [6, 6.07) is 2.29. The molecule has 0 spiro atoms. The number of benzene rings is 1. The van der Waals surface area contributed by atoms with Crippen molar-refractivity contribution in [3.63, 3.8) is 0 Å². The summed E-state index contributed by atoms with van der Waals surface area (Å²) in [6.45, 7) is 2.02. The van der Waals surface area contributed by atoms with Crippen LogP contribution in [0.4, 0.5) is 8.78 Å². The van der Waals surface area contributed by atoms with Crippen LogP contribution in [0.2, 0.25) is 0 Å². The predicted molar refractivity (Wildman–Crippen MR) is 53.2 cm³/mol. The Balaban J connectivity index is 2.44. The molecule has 2 rings (SSSR count). The van der Waals surface area contributed by atoms with Crippen LogP contribution in [0.15, 0.2) is 17.0 Å². The molecule has 1 nitrogen and oxygen atoms in total. The molecule has 4 heteroatoms. The molecule has 0 amide bonds. The molecule has 1 aliphatic heterocycles. The summed E-state index contributed by atoms with van der Waals surface area (Å²) < 4.78 is 25.8. The lowest BCUT2D eigenvalue weighted by Gasteiger charge is -2.11. The van der Waals surface area contributed by atoms with Gasteiger partial charge in [-0.05, 0) is 24.1 Å². The van der Waals surface area contributed by atoms with Crippen LogP contribution in [-0.4, -0.2) is 5.25 Å². The Morgan fingerprint density at radius 1 is 1.36 bits per heavy atom. The fourth-order valence-electron chi connectivity index (χ4n) is 1.68. The molecule has 2 N–H and O–H groups in total. The maximum Gasteiger partial charge on any atom is 0.159 e. The number of nitrogens with two attached hydrogens (primary N) is 1. The lowest BCUT2D eigenvalue weighted by atomic mass is 10.0. The van der Waals surface area contributed by atoms with Crippen LogP contribution >= 0.6 is 11.8 Å². The Labute approximate surface area is 85.7 Å². The minimum Gasteiger partial charge on any atom is -0.323 e. The van der Waals surface area contributed by atoms with Gasteiger partial charge in [0.25, 0.3) is 0 Å². The summed E-state index contributed by atoms with van der Waals surface area (Å²) in [5.74, 6) is -1.60. The molecule has 1 aromatic rings. The van der Waals surface area contributed by atoms with Crippen LogP contribution in [-0.2, 0) is 0 Å². The molecule has 1 heterocycles. The first kappa shape index (κ1) is 9.93. The van der Waals surface area contributed by atoms with Gasteiger partial charge in [-0.15, -0.1) is 11.8 Å². The van der Waals surface area contributed by atoms with Crippen LogP contribution in [0.5, 0.6) is 0 Å². The van der Waals surface area contributed by atoms with Crippen LogP contribution in [0.3, 0.4) is 0 Å². The Hall–Kier alpha value is -0.610. The monoisotopic (exact) mass is 215 g/mol. The lowest BCUT2D eigenvalue weighted by molar-refractivity contribution is 0.502. The molecule has 1 aromatic carbocycles. The van der Waals surface area contributed by atoms with Gasteiger partial charge in [0.05, 0.1) is 0 Å². The number of halogens is 2. The molecule has 0 saturated heterocycles. The zero-order valence-corrected chi connectivity index (χ0v) is 8.57. The van der Waals surface area contributed by atoms with E-state index in [2.05, 4.69) is 0 Å². The fourth-order valence-corrected chi connectivity index (χ4v) is 2.97. The van der Waals surface area contributed by atoms with Gasteiger partial charge in [-0.1, -0.05) is 6.92 Å². The summed E-state index contributed by atoms with van der Waals surface area (Å²) in [4.78, 5) is 0.781. The van der Waals surface area contributed by atoms with Gasteiger partial charge in [-0.25, -0.2) is 8.78 Å². The maximum absolute atomic E-state index is 12.9. The zero-order valence-electron chi connectivity index (χ0n) is 7.76.